The minimum Gasteiger partial charge on any atom is -0.467 e. The summed E-state index contributed by atoms with van der Waals surface area (Å²) in [5.41, 5.74) is 2.05. The first-order valence-corrected chi connectivity index (χ1v) is 8.49. The van der Waals surface area contributed by atoms with Crippen LogP contribution in [0, 0.1) is 20.8 Å². The number of hydrogen-bond acceptors (Lipinski definition) is 6. The van der Waals surface area contributed by atoms with Crippen LogP contribution in [-0.2, 0) is 16.1 Å². The topological polar surface area (TPSA) is 99.5 Å². The fraction of sp³-hybridized carbons (Fsp3) is 0.316. The van der Waals surface area contributed by atoms with Crippen LogP contribution in [0.25, 0.3) is 0 Å². The number of carbonyl (C=O) groups excluding carboxylic acids is 2. The quantitative estimate of drug-likeness (QED) is 0.668. The largest absolute Gasteiger partial charge is 0.467 e. The summed E-state index contributed by atoms with van der Waals surface area (Å²) in [6.45, 7) is 7.46. The van der Waals surface area contributed by atoms with E-state index in [-0.39, 0.29) is 5.82 Å². The second-order valence-electron chi connectivity index (χ2n) is 6.31. The van der Waals surface area contributed by atoms with Gasteiger partial charge in [0.15, 0.2) is 11.9 Å². The molecule has 0 fully saturated rings. The Balaban J connectivity index is 1.67. The summed E-state index contributed by atoms with van der Waals surface area (Å²) in [6.07, 6.45) is 0.623. The van der Waals surface area contributed by atoms with E-state index < -0.39 is 18.0 Å². The second kappa shape index (κ2) is 7.53. The molecule has 0 aliphatic carbocycles. The first-order chi connectivity index (χ1) is 12.8. The van der Waals surface area contributed by atoms with Gasteiger partial charge >= 0.3 is 5.97 Å². The molecule has 0 bridgehead atoms. The highest BCUT2D eigenvalue weighted by Gasteiger charge is 2.23. The van der Waals surface area contributed by atoms with Crippen LogP contribution in [0.15, 0.2) is 39.5 Å². The number of nitrogens with one attached hydrogen (secondary N) is 1. The van der Waals surface area contributed by atoms with Crippen LogP contribution < -0.4 is 5.32 Å². The zero-order valence-corrected chi connectivity index (χ0v) is 15.6. The molecule has 0 aliphatic heterocycles. The molecule has 3 aromatic heterocycles. The van der Waals surface area contributed by atoms with Crippen LogP contribution in [0.5, 0.6) is 0 Å². The Kier molecular flexibility index (Phi) is 5.16. The van der Waals surface area contributed by atoms with Crippen molar-refractivity contribution in [2.75, 3.05) is 5.32 Å². The zero-order chi connectivity index (χ0) is 19.6. The highest BCUT2D eigenvalue weighted by molar-refractivity contribution is 5.97. The molecule has 27 heavy (non-hydrogen) atoms. The average molecular weight is 371 g/mol. The highest BCUT2D eigenvalue weighted by Crippen LogP contribution is 2.19. The van der Waals surface area contributed by atoms with Gasteiger partial charge in [0, 0.05) is 17.5 Å². The number of nitrogens with zero attached hydrogens (tertiary/aromatic N) is 2. The number of anilines is 1. The van der Waals surface area contributed by atoms with Crippen molar-refractivity contribution >= 4 is 17.7 Å². The molecule has 8 heteroatoms. The van der Waals surface area contributed by atoms with Gasteiger partial charge in [-0.1, -0.05) is 5.16 Å². The lowest BCUT2D eigenvalue weighted by atomic mass is 10.2. The number of carbonyl (C=O) groups is 2. The standard InChI is InChI=1S/C19H21N3O5/c1-11-8-16(13(3)22(11)10-15-6-5-7-25-15)19(24)26-14(4)18(23)20-17-9-12(2)27-21-17/h5-9,14H,10H2,1-4H3,(H,20,21,23). The smallest absolute Gasteiger partial charge is 0.340 e. The lowest BCUT2D eigenvalue weighted by Gasteiger charge is -2.12. The van der Waals surface area contributed by atoms with Gasteiger partial charge in [-0.25, -0.2) is 4.79 Å². The fourth-order valence-electron chi connectivity index (χ4n) is 2.74. The van der Waals surface area contributed by atoms with Crippen LogP contribution >= 0.6 is 0 Å². The predicted octanol–water partition coefficient (Wildman–Crippen LogP) is 3.23. The third-order valence-corrected chi connectivity index (χ3v) is 4.22. The Hall–Kier alpha value is -3.29. The first-order valence-electron chi connectivity index (χ1n) is 8.49. The third-order valence-electron chi connectivity index (χ3n) is 4.22. The summed E-state index contributed by atoms with van der Waals surface area (Å²) in [5, 5.41) is 6.22. The summed E-state index contributed by atoms with van der Waals surface area (Å²) in [6, 6.07) is 7.01. The summed E-state index contributed by atoms with van der Waals surface area (Å²) >= 11 is 0. The van der Waals surface area contributed by atoms with Gasteiger partial charge < -0.3 is 23.6 Å². The maximum absolute atomic E-state index is 12.5. The van der Waals surface area contributed by atoms with Gasteiger partial charge in [-0.2, -0.15) is 0 Å². The van der Waals surface area contributed by atoms with Gasteiger partial charge in [0.2, 0.25) is 0 Å². The van der Waals surface area contributed by atoms with Gasteiger partial charge in [-0.05, 0) is 45.9 Å². The van der Waals surface area contributed by atoms with E-state index in [1.807, 2.05) is 30.5 Å². The molecular formula is C19H21N3O5. The number of furan rings is 1. The van der Waals surface area contributed by atoms with Crippen LogP contribution in [0.3, 0.4) is 0 Å². The summed E-state index contributed by atoms with van der Waals surface area (Å²) < 4.78 is 17.5. The Morgan fingerprint density at radius 1 is 1.30 bits per heavy atom. The summed E-state index contributed by atoms with van der Waals surface area (Å²) in [4.78, 5) is 24.7. The normalized spacial score (nSPS) is 12.0. The Morgan fingerprint density at radius 3 is 2.70 bits per heavy atom. The van der Waals surface area contributed by atoms with Gasteiger partial charge in [0.1, 0.15) is 11.5 Å². The van der Waals surface area contributed by atoms with Crippen molar-refractivity contribution in [1.82, 2.24) is 9.72 Å². The van der Waals surface area contributed by atoms with Crippen molar-refractivity contribution in [1.29, 1.82) is 0 Å². The number of aromatic nitrogens is 2. The van der Waals surface area contributed by atoms with E-state index in [1.165, 1.54) is 6.92 Å². The fourth-order valence-corrected chi connectivity index (χ4v) is 2.74. The molecule has 1 atom stereocenters. The number of aryl methyl sites for hydroxylation is 2. The minimum atomic E-state index is -0.984. The van der Waals surface area contributed by atoms with E-state index in [0.29, 0.717) is 17.9 Å². The van der Waals surface area contributed by atoms with E-state index in [4.69, 9.17) is 13.7 Å². The van der Waals surface area contributed by atoms with E-state index >= 15 is 0 Å². The van der Waals surface area contributed by atoms with Crippen LogP contribution in [0.4, 0.5) is 5.82 Å². The van der Waals surface area contributed by atoms with Gasteiger partial charge in [0.25, 0.3) is 5.91 Å². The van der Waals surface area contributed by atoms with E-state index in [2.05, 4.69) is 10.5 Å². The van der Waals surface area contributed by atoms with Gasteiger partial charge in [-0.3, -0.25) is 4.79 Å². The number of amides is 1. The average Bonchev–Trinajstić information content (AvgIpc) is 3.33. The van der Waals surface area contributed by atoms with Gasteiger partial charge in [-0.15, -0.1) is 0 Å². The molecule has 0 aliphatic rings. The van der Waals surface area contributed by atoms with Crippen molar-refractivity contribution in [2.45, 2.75) is 40.3 Å². The summed E-state index contributed by atoms with van der Waals surface area (Å²) in [5.74, 6) is 0.581. The molecule has 0 aromatic carbocycles. The lowest BCUT2D eigenvalue weighted by molar-refractivity contribution is -0.123. The molecule has 3 aromatic rings. The third kappa shape index (κ3) is 4.11. The predicted molar refractivity (Wildman–Crippen MR) is 96.5 cm³/mol. The summed E-state index contributed by atoms with van der Waals surface area (Å²) in [7, 11) is 0. The monoisotopic (exact) mass is 371 g/mol. The maximum atomic E-state index is 12.5. The van der Waals surface area contributed by atoms with E-state index in [9.17, 15) is 9.59 Å². The van der Waals surface area contributed by atoms with E-state index in [0.717, 1.165) is 17.1 Å². The number of rotatable bonds is 6. The zero-order valence-electron chi connectivity index (χ0n) is 15.6. The maximum Gasteiger partial charge on any atom is 0.340 e. The molecule has 8 nitrogen and oxygen atoms in total. The van der Waals surface area contributed by atoms with Gasteiger partial charge in [0.05, 0.1) is 18.4 Å². The molecule has 1 N–H and O–H groups in total. The minimum absolute atomic E-state index is 0.275. The number of esters is 1. The van der Waals surface area contributed by atoms with Crippen LogP contribution in [0.2, 0.25) is 0 Å². The van der Waals surface area contributed by atoms with Crippen LogP contribution in [0.1, 0.15) is 40.2 Å². The molecule has 3 rings (SSSR count). The number of ether oxygens (including phenoxy) is 1. The van der Waals surface area contributed by atoms with Crippen molar-refractivity contribution in [2.24, 2.45) is 0 Å². The van der Waals surface area contributed by atoms with Crippen molar-refractivity contribution in [3.63, 3.8) is 0 Å². The Morgan fingerprint density at radius 2 is 2.07 bits per heavy atom. The van der Waals surface area contributed by atoms with Crippen molar-refractivity contribution < 1.29 is 23.3 Å². The highest BCUT2D eigenvalue weighted by atomic mass is 16.5. The van der Waals surface area contributed by atoms with E-state index in [1.54, 1.807) is 25.3 Å². The van der Waals surface area contributed by atoms with Crippen molar-refractivity contribution in [3.8, 4) is 0 Å². The molecule has 0 saturated heterocycles. The molecule has 0 saturated carbocycles. The number of hydrogen-bond donors (Lipinski definition) is 1. The Labute approximate surface area is 156 Å². The first kappa shape index (κ1) is 18.5. The lowest BCUT2D eigenvalue weighted by Crippen LogP contribution is -2.30. The molecule has 1 unspecified atom stereocenters. The Bertz CT molecular complexity index is 952. The molecule has 142 valence electrons. The molecule has 0 radical (unpaired) electrons. The molecular weight excluding hydrogens is 350 g/mol. The second-order valence-corrected chi connectivity index (χ2v) is 6.31. The molecule has 0 spiro atoms. The molecule has 1 amide bonds. The molecule has 3 heterocycles. The SMILES string of the molecule is Cc1cc(NC(=O)C(C)OC(=O)c2cc(C)n(Cc3ccco3)c2C)no1. The van der Waals surface area contributed by atoms with Crippen LogP contribution in [-0.4, -0.2) is 27.7 Å². The van der Waals surface area contributed by atoms with Crippen molar-refractivity contribution in [3.05, 3.63) is 59.0 Å².